The molecule has 3 rings (SSSR count). The molecular formula is C14H8BrClN4O. The van der Waals surface area contributed by atoms with Crippen molar-refractivity contribution in [2.75, 3.05) is 5.32 Å². The third kappa shape index (κ3) is 3.01. The average Bonchev–Trinajstić information content (AvgIpc) is 2.50. The number of aromatic nitrogens is 3. The zero-order valence-electron chi connectivity index (χ0n) is 10.5. The first kappa shape index (κ1) is 13.9. The number of benzene rings is 1. The van der Waals surface area contributed by atoms with Gasteiger partial charge in [0.05, 0.1) is 33.6 Å². The van der Waals surface area contributed by atoms with Crippen molar-refractivity contribution in [2.24, 2.45) is 0 Å². The largest absolute Gasteiger partial charge is 0.319 e. The van der Waals surface area contributed by atoms with Crippen molar-refractivity contribution in [3.8, 4) is 0 Å². The highest BCUT2D eigenvalue weighted by molar-refractivity contribution is 9.10. The van der Waals surface area contributed by atoms with Gasteiger partial charge in [0.1, 0.15) is 10.8 Å². The predicted molar refractivity (Wildman–Crippen MR) is 84.4 cm³/mol. The highest BCUT2D eigenvalue weighted by atomic mass is 79.9. The molecular weight excluding hydrogens is 356 g/mol. The van der Waals surface area contributed by atoms with E-state index < -0.39 is 0 Å². The number of anilines is 1. The molecule has 5 nitrogen and oxygen atoms in total. The van der Waals surface area contributed by atoms with E-state index in [2.05, 4.69) is 36.2 Å². The maximum atomic E-state index is 12.2. The van der Waals surface area contributed by atoms with Crippen molar-refractivity contribution in [3.63, 3.8) is 0 Å². The topological polar surface area (TPSA) is 67.8 Å². The number of rotatable bonds is 2. The van der Waals surface area contributed by atoms with Crippen molar-refractivity contribution >= 4 is 50.2 Å². The molecule has 0 bridgehead atoms. The Bertz CT molecular complexity index is 840. The van der Waals surface area contributed by atoms with Gasteiger partial charge in [0.2, 0.25) is 0 Å². The summed E-state index contributed by atoms with van der Waals surface area (Å²) in [5.74, 6) is -0.357. The molecule has 0 saturated heterocycles. The van der Waals surface area contributed by atoms with Crippen molar-refractivity contribution in [2.45, 2.75) is 0 Å². The summed E-state index contributed by atoms with van der Waals surface area (Å²) >= 11 is 9.06. The lowest BCUT2D eigenvalue weighted by molar-refractivity contribution is 0.102. The number of carbonyl (C=O) groups is 1. The minimum absolute atomic E-state index is 0.236. The Kier molecular flexibility index (Phi) is 3.81. The Morgan fingerprint density at radius 2 is 1.90 bits per heavy atom. The van der Waals surface area contributed by atoms with Crippen LogP contribution in [-0.2, 0) is 0 Å². The molecule has 0 aliphatic heterocycles. The second-order valence-corrected chi connectivity index (χ2v) is 5.41. The summed E-state index contributed by atoms with van der Waals surface area (Å²) < 4.78 is 0.603. The van der Waals surface area contributed by atoms with Gasteiger partial charge in [0.15, 0.2) is 0 Å². The van der Waals surface area contributed by atoms with Crippen LogP contribution in [0.2, 0.25) is 5.15 Å². The normalized spacial score (nSPS) is 10.6. The Morgan fingerprint density at radius 3 is 2.67 bits per heavy atom. The number of nitrogens with zero attached hydrogens (tertiary/aromatic N) is 3. The molecule has 7 heteroatoms. The van der Waals surface area contributed by atoms with Crippen LogP contribution in [0.1, 0.15) is 10.5 Å². The standard InChI is InChI=1S/C14H8BrClN4O/c15-9-5-8(6-18-13(9)16)19-14(21)12-7-17-10-3-1-2-4-11(10)20-12/h1-7H,(H,19,21). The van der Waals surface area contributed by atoms with Gasteiger partial charge in [0.25, 0.3) is 5.91 Å². The number of carbonyl (C=O) groups excluding carboxylic acids is 1. The van der Waals surface area contributed by atoms with E-state index in [1.807, 2.05) is 18.2 Å². The van der Waals surface area contributed by atoms with Crippen LogP contribution in [-0.4, -0.2) is 20.9 Å². The van der Waals surface area contributed by atoms with E-state index >= 15 is 0 Å². The molecule has 0 radical (unpaired) electrons. The molecule has 2 heterocycles. The molecule has 3 aromatic rings. The number of halogens is 2. The van der Waals surface area contributed by atoms with Gasteiger partial charge < -0.3 is 5.32 Å². The summed E-state index contributed by atoms with van der Waals surface area (Å²) in [4.78, 5) is 24.6. The van der Waals surface area contributed by atoms with Crippen LogP contribution in [0.5, 0.6) is 0 Å². The predicted octanol–water partition coefficient (Wildman–Crippen LogP) is 3.69. The molecule has 0 saturated carbocycles. The molecule has 0 atom stereocenters. The third-order valence-electron chi connectivity index (χ3n) is 2.74. The van der Waals surface area contributed by atoms with Crippen molar-refractivity contribution < 1.29 is 4.79 Å². The van der Waals surface area contributed by atoms with Crippen LogP contribution in [0.4, 0.5) is 5.69 Å². The van der Waals surface area contributed by atoms with Gasteiger partial charge >= 0.3 is 0 Å². The minimum Gasteiger partial charge on any atom is -0.319 e. The fourth-order valence-electron chi connectivity index (χ4n) is 1.75. The fraction of sp³-hybridized carbons (Fsp3) is 0. The van der Waals surface area contributed by atoms with Gasteiger partial charge in [-0.1, -0.05) is 23.7 Å². The lowest BCUT2D eigenvalue weighted by Crippen LogP contribution is -2.14. The second-order valence-electron chi connectivity index (χ2n) is 4.19. The number of hydrogen-bond donors (Lipinski definition) is 1. The average molecular weight is 364 g/mol. The van der Waals surface area contributed by atoms with E-state index in [0.717, 1.165) is 5.52 Å². The summed E-state index contributed by atoms with van der Waals surface area (Å²) in [6.07, 6.45) is 2.91. The lowest BCUT2D eigenvalue weighted by Gasteiger charge is -2.06. The molecule has 0 fully saturated rings. The van der Waals surface area contributed by atoms with Gasteiger partial charge in [-0.05, 0) is 34.1 Å². The first-order valence-electron chi connectivity index (χ1n) is 5.97. The summed E-state index contributed by atoms with van der Waals surface area (Å²) in [5, 5.41) is 3.03. The smallest absolute Gasteiger partial charge is 0.275 e. The van der Waals surface area contributed by atoms with Crippen LogP contribution in [0.25, 0.3) is 11.0 Å². The Morgan fingerprint density at radius 1 is 1.14 bits per heavy atom. The van der Waals surface area contributed by atoms with E-state index in [1.165, 1.54) is 12.4 Å². The Labute approximate surface area is 133 Å². The Balaban J connectivity index is 1.87. The number of para-hydroxylation sites is 2. The first-order chi connectivity index (χ1) is 10.1. The maximum Gasteiger partial charge on any atom is 0.275 e. The first-order valence-corrected chi connectivity index (χ1v) is 7.15. The molecule has 21 heavy (non-hydrogen) atoms. The maximum absolute atomic E-state index is 12.2. The van der Waals surface area contributed by atoms with Crippen molar-refractivity contribution in [1.82, 2.24) is 15.0 Å². The third-order valence-corrected chi connectivity index (χ3v) is 3.87. The van der Waals surface area contributed by atoms with Crippen LogP contribution in [0.3, 0.4) is 0 Å². The number of amides is 1. The van der Waals surface area contributed by atoms with E-state index in [9.17, 15) is 4.79 Å². The zero-order valence-corrected chi connectivity index (χ0v) is 12.9. The second kappa shape index (κ2) is 5.75. The summed E-state index contributed by atoms with van der Waals surface area (Å²) in [5.41, 5.74) is 2.16. The molecule has 104 valence electrons. The monoisotopic (exact) mass is 362 g/mol. The summed E-state index contributed by atoms with van der Waals surface area (Å²) in [6, 6.07) is 9.03. The summed E-state index contributed by atoms with van der Waals surface area (Å²) in [7, 11) is 0. The van der Waals surface area contributed by atoms with E-state index in [0.29, 0.717) is 20.8 Å². The SMILES string of the molecule is O=C(Nc1cnc(Cl)c(Br)c1)c1cnc2ccccc2n1. The molecule has 0 unspecified atom stereocenters. The number of pyridine rings is 1. The lowest BCUT2D eigenvalue weighted by atomic mass is 10.3. The van der Waals surface area contributed by atoms with Gasteiger partial charge in [0, 0.05) is 0 Å². The highest BCUT2D eigenvalue weighted by Crippen LogP contribution is 2.23. The van der Waals surface area contributed by atoms with Crippen molar-refractivity contribution in [3.05, 3.63) is 58.0 Å². The molecule has 2 aromatic heterocycles. The van der Waals surface area contributed by atoms with Gasteiger partial charge in [-0.15, -0.1) is 0 Å². The van der Waals surface area contributed by atoms with Crippen molar-refractivity contribution in [1.29, 1.82) is 0 Å². The van der Waals surface area contributed by atoms with E-state index in [1.54, 1.807) is 12.1 Å². The van der Waals surface area contributed by atoms with Gasteiger partial charge in [-0.3, -0.25) is 9.78 Å². The molecule has 1 aromatic carbocycles. The van der Waals surface area contributed by atoms with E-state index in [-0.39, 0.29) is 11.6 Å². The van der Waals surface area contributed by atoms with Gasteiger partial charge in [-0.2, -0.15) is 0 Å². The quantitative estimate of drug-likeness (QED) is 0.705. The Hall–Kier alpha value is -2.05. The van der Waals surface area contributed by atoms with Crippen LogP contribution in [0.15, 0.2) is 47.2 Å². The minimum atomic E-state index is -0.357. The number of hydrogen-bond acceptors (Lipinski definition) is 4. The molecule has 1 amide bonds. The number of fused-ring (bicyclic) bond motifs is 1. The van der Waals surface area contributed by atoms with Gasteiger partial charge in [-0.25, -0.2) is 9.97 Å². The van der Waals surface area contributed by atoms with Crippen LogP contribution >= 0.6 is 27.5 Å². The summed E-state index contributed by atoms with van der Waals surface area (Å²) in [6.45, 7) is 0. The van der Waals surface area contributed by atoms with Crippen LogP contribution in [0, 0.1) is 0 Å². The molecule has 0 aliphatic rings. The molecule has 0 aliphatic carbocycles. The molecule has 1 N–H and O–H groups in total. The zero-order chi connectivity index (χ0) is 14.8. The van der Waals surface area contributed by atoms with Crippen LogP contribution < -0.4 is 5.32 Å². The number of nitrogens with one attached hydrogen (secondary N) is 1. The van der Waals surface area contributed by atoms with E-state index in [4.69, 9.17) is 11.6 Å². The highest BCUT2D eigenvalue weighted by Gasteiger charge is 2.10. The molecule has 0 spiro atoms. The fourth-order valence-corrected chi connectivity index (χ4v) is 2.20.